The molecule has 152 valence electrons. The topological polar surface area (TPSA) is 44.8 Å². The van der Waals surface area contributed by atoms with Gasteiger partial charge in [0, 0.05) is 39.3 Å². The summed E-state index contributed by atoms with van der Waals surface area (Å²) >= 11 is 0. The first-order valence-corrected chi connectivity index (χ1v) is 9.40. The van der Waals surface area contributed by atoms with Gasteiger partial charge in [0.2, 0.25) is 5.91 Å². The van der Waals surface area contributed by atoms with Crippen LogP contribution in [0.1, 0.15) is 25.3 Å². The van der Waals surface area contributed by atoms with E-state index in [4.69, 9.17) is 4.74 Å². The Kier molecular flexibility index (Phi) is 8.37. The Bertz CT molecular complexity index is 588. The third kappa shape index (κ3) is 7.76. The lowest BCUT2D eigenvalue weighted by Crippen LogP contribution is -2.49. The van der Waals surface area contributed by atoms with Crippen LogP contribution in [0.25, 0.3) is 0 Å². The number of nitrogens with one attached hydrogen (secondary N) is 1. The number of hydrogen-bond donors (Lipinski definition) is 1. The number of alkyl halides is 3. The van der Waals surface area contributed by atoms with E-state index in [0.29, 0.717) is 19.7 Å². The Labute approximate surface area is 158 Å². The fourth-order valence-corrected chi connectivity index (χ4v) is 2.93. The van der Waals surface area contributed by atoms with E-state index < -0.39 is 11.7 Å². The van der Waals surface area contributed by atoms with Crippen molar-refractivity contribution in [2.45, 2.75) is 25.9 Å². The van der Waals surface area contributed by atoms with Crippen LogP contribution in [0, 0.1) is 0 Å². The van der Waals surface area contributed by atoms with E-state index in [1.807, 2.05) is 6.92 Å². The van der Waals surface area contributed by atoms with Crippen LogP contribution in [0.3, 0.4) is 0 Å². The van der Waals surface area contributed by atoms with E-state index in [1.54, 1.807) is 0 Å². The van der Waals surface area contributed by atoms with Crippen LogP contribution in [0.5, 0.6) is 5.75 Å². The third-order valence-corrected chi connectivity index (χ3v) is 4.45. The first kappa shape index (κ1) is 21.5. The Hall–Kier alpha value is -1.80. The molecule has 1 N–H and O–H groups in total. The molecule has 0 radical (unpaired) electrons. The van der Waals surface area contributed by atoms with Crippen LogP contribution in [-0.4, -0.2) is 68.1 Å². The van der Waals surface area contributed by atoms with Gasteiger partial charge in [0.15, 0.2) is 0 Å². The highest BCUT2D eigenvalue weighted by Gasteiger charge is 2.30. The van der Waals surface area contributed by atoms with Crippen LogP contribution < -0.4 is 10.1 Å². The fraction of sp³-hybridized carbons (Fsp3) is 0.632. The second-order valence-electron chi connectivity index (χ2n) is 6.70. The molecule has 1 aliphatic rings. The highest BCUT2D eigenvalue weighted by Crippen LogP contribution is 2.31. The molecule has 8 heteroatoms. The SMILES string of the molecule is CCCNC(=O)CN1CCN(CCCOc2cccc(C(F)(F)F)c2)CC1. The normalized spacial score (nSPS) is 16.3. The van der Waals surface area contributed by atoms with Crippen molar-refractivity contribution in [1.82, 2.24) is 15.1 Å². The Balaban J connectivity index is 1.62. The molecule has 0 unspecified atom stereocenters. The number of piperazine rings is 1. The molecule has 0 aromatic heterocycles. The van der Waals surface area contributed by atoms with E-state index in [2.05, 4.69) is 15.1 Å². The Morgan fingerprint density at radius 2 is 1.89 bits per heavy atom. The monoisotopic (exact) mass is 387 g/mol. The number of benzene rings is 1. The molecule has 27 heavy (non-hydrogen) atoms. The summed E-state index contributed by atoms with van der Waals surface area (Å²) in [6.07, 6.45) is -2.68. The van der Waals surface area contributed by atoms with Gasteiger partial charge in [0.1, 0.15) is 5.75 Å². The van der Waals surface area contributed by atoms with E-state index in [-0.39, 0.29) is 11.7 Å². The Morgan fingerprint density at radius 1 is 1.19 bits per heavy atom. The first-order valence-electron chi connectivity index (χ1n) is 9.40. The van der Waals surface area contributed by atoms with Gasteiger partial charge in [-0.1, -0.05) is 13.0 Å². The number of carbonyl (C=O) groups is 1. The molecule has 1 aliphatic heterocycles. The second-order valence-corrected chi connectivity index (χ2v) is 6.70. The second kappa shape index (κ2) is 10.5. The molecule has 1 heterocycles. The lowest BCUT2D eigenvalue weighted by atomic mass is 10.2. The fourth-order valence-electron chi connectivity index (χ4n) is 2.93. The minimum atomic E-state index is -4.35. The van der Waals surface area contributed by atoms with E-state index in [9.17, 15) is 18.0 Å². The predicted octanol–water partition coefficient (Wildman–Crippen LogP) is 2.62. The largest absolute Gasteiger partial charge is 0.494 e. The van der Waals surface area contributed by atoms with Crippen LogP contribution >= 0.6 is 0 Å². The van der Waals surface area contributed by atoms with Gasteiger partial charge < -0.3 is 15.0 Å². The molecule has 1 aromatic carbocycles. The number of ether oxygens (including phenoxy) is 1. The molecular formula is C19H28F3N3O2. The van der Waals surface area contributed by atoms with Crippen molar-refractivity contribution in [1.29, 1.82) is 0 Å². The van der Waals surface area contributed by atoms with Crippen LogP contribution in [0.15, 0.2) is 24.3 Å². The molecule has 0 bridgehead atoms. The van der Waals surface area contributed by atoms with Crippen molar-refractivity contribution in [3.05, 3.63) is 29.8 Å². The van der Waals surface area contributed by atoms with Gasteiger partial charge in [-0.3, -0.25) is 9.69 Å². The maximum Gasteiger partial charge on any atom is 0.416 e. The van der Waals surface area contributed by atoms with Crippen molar-refractivity contribution in [2.24, 2.45) is 0 Å². The summed E-state index contributed by atoms with van der Waals surface area (Å²) in [5.41, 5.74) is -0.695. The maximum atomic E-state index is 12.7. The molecular weight excluding hydrogens is 359 g/mol. The van der Waals surface area contributed by atoms with Crippen LogP contribution in [0.4, 0.5) is 13.2 Å². The van der Waals surface area contributed by atoms with E-state index in [1.165, 1.54) is 12.1 Å². The highest BCUT2D eigenvalue weighted by atomic mass is 19.4. The molecule has 2 rings (SSSR count). The summed E-state index contributed by atoms with van der Waals surface area (Å²) in [7, 11) is 0. The average molecular weight is 387 g/mol. The number of halogens is 3. The van der Waals surface area contributed by atoms with Gasteiger partial charge in [-0.15, -0.1) is 0 Å². The average Bonchev–Trinajstić information content (AvgIpc) is 2.64. The van der Waals surface area contributed by atoms with Gasteiger partial charge in [-0.2, -0.15) is 13.2 Å². The summed E-state index contributed by atoms with van der Waals surface area (Å²) in [6, 6.07) is 4.96. The van der Waals surface area contributed by atoms with Crippen LogP contribution in [0.2, 0.25) is 0 Å². The molecule has 0 spiro atoms. The summed E-state index contributed by atoms with van der Waals surface area (Å²) in [4.78, 5) is 16.2. The zero-order valence-electron chi connectivity index (χ0n) is 15.7. The van der Waals surface area contributed by atoms with Gasteiger partial charge in [0.25, 0.3) is 0 Å². The van der Waals surface area contributed by atoms with Crippen molar-refractivity contribution in [3.63, 3.8) is 0 Å². The predicted molar refractivity (Wildman–Crippen MR) is 97.7 cm³/mol. The third-order valence-electron chi connectivity index (χ3n) is 4.45. The smallest absolute Gasteiger partial charge is 0.416 e. The molecule has 1 saturated heterocycles. The molecule has 0 aliphatic carbocycles. The molecule has 1 aromatic rings. The number of rotatable bonds is 9. The number of amides is 1. The summed E-state index contributed by atoms with van der Waals surface area (Å²) in [5.74, 6) is 0.313. The van der Waals surface area contributed by atoms with Gasteiger partial charge in [0.05, 0.1) is 18.7 Å². The van der Waals surface area contributed by atoms with Crippen molar-refractivity contribution in [2.75, 3.05) is 52.4 Å². The van der Waals surface area contributed by atoms with Gasteiger partial charge in [-0.25, -0.2) is 0 Å². The van der Waals surface area contributed by atoms with Crippen molar-refractivity contribution < 1.29 is 22.7 Å². The quantitative estimate of drug-likeness (QED) is 0.662. The zero-order chi connectivity index (χ0) is 19.7. The zero-order valence-corrected chi connectivity index (χ0v) is 15.7. The highest BCUT2D eigenvalue weighted by molar-refractivity contribution is 5.77. The summed E-state index contributed by atoms with van der Waals surface area (Å²) < 4.78 is 43.5. The first-order chi connectivity index (χ1) is 12.9. The van der Waals surface area contributed by atoms with Gasteiger partial charge >= 0.3 is 6.18 Å². The minimum absolute atomic E-state index is 0.0692. The molecule has 0 saturated carbocycles. The van der Waals surface area contributed by atoms with Crippen LogP contribution in [-0.2, 0) is 11.0 Å². The number of hydrogen-bond acceptors (Lipinski definition) is 4. The van der Waals surface area contributed by atoms with Gasteiger partial charge in [-0.05, 0) is 31.0 Å². The Morgan fingerprint density at radius 3 is 2.56 bits per heavy atom. The number of carbonyl (C=O) groups excluding carboxylic acids is 1. The standard InChI is InChI=1S/C19H28F3N3O2/c1-2-7-23-18(26)15-25-11-9-24(10-12-25)8-4-13-27-17-6-3-5-16(14-17)19(20,21)22/h3,5-6,14H,2,4,7-13,15H2,1H3,(H,23,26). The molecule has 5 nitrogen and oxygen atoms in total. The van der Waals surface area contributed by atoms with Crippen molar-refractivity contribution >= 4 is 5.91 Å². The lowest BCUT2D eigenvalue weighted by Gasteiger charge is -2.34. The number of nitrogens with zero attached hydrogens (tertiary/aromatic N) is 2. The summed E-state index contributed by atoms with van der Waals surface area (Å²) in [6.45, 7) is 7.82. The molecule has 1 amide bonds. The van der Waals surface area contributed by atoms with E-state index in [0.717, 1.165) is 57.7 Å². The minimum Gasteiger partial charge on any atom is -0.494 e. The molecule has 1 fully saturated rings. The summed E-state index contributed by atoms with van der Waals surface area (Å²) in [5, 5.41) is 2.88. The van der Waals surface area contributed by atoms with E-state index >= 15 is 0 Å². The maximum absolute atomic E-state index is 12.7. The lowest BCUT2D eigenvalue weighted by molar-refractivity contribution is -0.137. The molecule has 0 atom stereocenters. The van der Waals surface area contributed by atoms with Crippen molar-refractivity contribution in [3.8, 4) is 5.75 Å².